The number of nitrogens with zero attached hydrogens (tertiary/aromatic N) is 1. The number of aliphatic imine (C=N–C) groups is 1. The Balaban J connectivity index is 2.20. The van der Waals surface area contributed by atoms with Crippen LogP contribution in [0.25, 0.3) is 0 Å². The molecule has 5 nitrogen and oxygen atoms in total. The summed E-state index contributed by atoms with van der Waals surface area (Å²) in [4.78, 5) is 4.57. The molecular formula is C18H32N4O. The number of hydrogen-bond donors (Lipinski definition) is 3. The van der Waals surface area contributed by atoms with Gasteiger partial charge >= 0.3 is 0 Å². The smallest absolute Gasteiger partial charge is 0.191 e. The van der Waals surface area contributed by atoms with Crippen LogP contribution in [-0.2, 0) is 0 Å². The third-order valence-corrected chi connectivity index (χ3v) is 3.00. The van der Waals surface area contributed by atoms with Crippen molar-refractivity contribution in [2.45, 2.75) is 39.7 Å². The minimum absolute atomic E-state index is 0.145. The summed E-state index contributed by atoms with van der Waals surface area (Å²) in [5.41, 5.74) is 0.145. The van der Waals surface area contributed by atoms with Gasteiger partial charge in [0.05, 0.1) is 6.61 Å². The first-order valence-corrected chi connectivity index (χ1v) is 8.46. The second-order valence-corrected chi connectivity index (χ2v) is 6.38. The van der Waals surface area contributed by atoms with Gasteiger partial charge in [-0.05, 0) is 39.8 Å². The summed E-state index contributed by atoms with van der Waals surface area (Å²) in [5.74, 6) is 1.78. The lowest BCUT2D eigenvalue weighted by Gasteiger charge is -2.21. The van der Waals surface area contributed by atoms with E-state index in [2.05, 4.69) is 48.6 Å². The first kappa shape index (κ1) is 19.3. The molecule has 1 rings (SSSR count). The largest absolute Gasteiger partial charge is 0.494 e. The Bertz CT molecular complexity index is 440. The topological polar surface area (TPSA) is 57.7 Å². The highest BCUT2D eigenvalue weighted by atomic mass is 16.5. The van der Waals surface area contributed by atoms with Crippen LogP contribution in [0, 0.1) is 0 Å². The van der Waals surface area contributed by atoms with Gasteiger partial charge in [-0.15, -0.1) is 0 Å². The number of guanidine groups is 1. The highest BCUT2D eigenvalue weighted by Gasteiger charge is 2.07. The van der Waals surface area contributed by atoms with Crippen LogP contribution in [-0.4, -0.2) is 44.3 Å². The molecule has 0 aromatic heterocycles. The van der Waals surface area contributed by atoms with Crippen LogP contribution in [0.4, 0.5) is 0 Å². The molecule has 5 heteroatoms. The molecule has 0 aliphatic heterocycles. The molecule has 0 spiro atoms. The molecule has 0 aliphatic rings. The molecular weight excluding hydrogens is 288 g/mol. The molecule has 3 N–H and O–H groups in total. The fourth-order valence-corrected chi connectivity index (χ4v) is 1.92. The molecule has 0 radical (unpaired) electrons. The van der Waals surface area contributed by atoms with Gasteiger partial charge in [-0.1, -0.05) is 18.2 Å². The van der Waals surface area contributed by atoms with E-state index >= 15 is 0 Å². The lowest BCUT2D eigenvalue weighted by atomic mass is 10.1. The molecule has 130 valence electrons. The first-order valence-electron chi connectivity index (χ1n) is 8.46. The molecule has 0 amide bonds. The molecule has 0 bridgehead atoms. The minimum atomic E-state index is 0.145. The molecule has 0 heterocycles. The van der Waals surface area contributed by atoms with Crippen molar-refractivity contribution in [2.75, 3.05) is 32.8 Å². The third-order valence-electron chi connectivity index (χ3n) is 3.00. The van der Waals surface area contributed by atoms with Crippen LogP contribution in [0.3, 0.4) is 0 Å². The molecule has 0 fully saturated rings. The molecule has 0 aliphatic carbocycles. The summed E-state index contributed by atoms with van der Waals surface area (Å²) in [6.07, 6.45) is 0.895. The average molecular weight is 320 g/mol. The molecule has 0 saturated carbocycles. The zero-order valence-electron chi connectivity index (χ0n) is 15.0. The van der Waals surface area contributed by atoms with Gasteiger partial charge in [0.1, 0.15) is 5.75 Å². The SMILES string of the molecule is CCNC(=NCCCOc1ccccc1)NCCNC(C)(C)C. The van der Waals surface area contributed by atoms with E-state index in [0.717, 1.165) is 44.3 Å². The molecule has 1 aromatic carbocycles. The standard InChI is InChI=1S/C18H32N4O/c1-5-19-17(21-13-14-22-18(2,3)4)20-12-9-15-23-16-10-7-6-8-11-16/h6-8,10-11,22H,5,9,12-15H2,1-4H3,(H2,19,20,21). The van der Waals surface area contributed by atoms with Gasteiger partial charge in [0.25, 0.3) is 0 Å². The second kappa shape index (κ2) is 10.9. The summed E-state index contributed by atoms with van der Waals surface area (Å²) >= 11 is 0. The van der Waals surface area contributed by atoms with Crippen molar-refractivity contribution in [3.8, 4) is 5.75 Å². The maximum absolute atomic E-state index is 5.66. The van der Waals surface area contributed by atoms with Gasteiger partial charge in [-0.3, -0.25) is 4.99 Å². The predicted octanol–water partition coefficient (Wildman–Crippen LogP) is 2.40. The third kappa shape index (κ3) is 10.6. The Hall–Kier alpha value is -1.75. The van der Waals surface area contributed by atoms with Gasteiger partial charge in [0.15, 0.2) is 5.96 Å². The van der Waals surface area contributed by atoms with E-state index in [1.807, 2.05) is 30.3 Å². The predicted molar refractivity (Wildman–Crippen MR) is 98.3 cm³/mol. The highest BCUT2D eigenvalue weighted by Crippen LogP contribution is 2.08. The van der Waals surface area contributed by atoms with E-state index in [0.29, 0.717) is 6.61 Å². The summed E-state index contributed by atoms with van der Waals surface area (Å²) in [6, 6.07) is 9.88. The summed E-state index contributed by atoms with van der Waals surface area (Å²) in [7, 11) is 0. The number of para-hydroxylation sites is 1. The van der Waals surface area contributed by atoms with Crippen LogP contribution in [0.15, 0.2) is 35.3 Å². The number of rotatable bonds is 9. The lowest BCUT2D eigenvalue weighted by molar-refractivity contribution is 0.313. The van der Waals surface area contributed by atoms with Crippen molar-refractivity contribution < 1.29 is 4.74 Å². The molecule has 0 saturated heterocycles. The van der Waals surface area contributed by atoms with Gasteiger partial charge in [-0.2, -0.15) is 0 Å². The zero-order chi connectivity index (χ0) is 17.0. The molecule has 23 heavy (non-hydrogen) atoms. The fourth-order valence-electron chi connectivity index (χ4n) is 1.92. The van der Waals surface area contributed by atoms with Gasteiger partial charge in [0.2, 0.25) is 0 Å². The van der Waals surface area contributed by atoms with E-state index in [9.17, 15) is 0 Å². The van der Waals surface area contributed by atoms with E-state index < -0.39 is 0 Å². The Labute approximate surface area is 140 Å². The van der Waals surface area contributed by atoms with Crippen molar-refractivity contribution in [3.63, 3.8) is 0 Å². The summed E-state index contributed by atoms with van der Waals surface area (Å²) in [6.45, 7) is 12.6. The van der Waals surface area contributed by atoms with Crippen LogP contribution in [0.1, 0.15) is 34.1 Å². The van der Waals surface area contributed by atoms with Gasteiger partial charge in [0, 0.05) is 38.1 Å². The van der Waals surface area contributed by atoms with Crippen LogP contribution >= 0.6 is 0 Å². The molecule has 1 aromatic rings. The number of hydrogen-bond acceptors (Lipinski definition) is 3. The number of ether oxygens (including phenoxy) is 1. The van der Waals surface area contributed by atoms with Crippen LogP contribution in [0.2, 0.25) is 0 Å². The quantitative estimate of drug-likeness (QED) is 0.371. The Morgan fingerprint density at radius 2 is 1.83 bits per heavy atom. The summed E-state index contributed by atoms with van der Waals surface area (Å²) in [5, 5.41) is 10.0. The zero-order valence-corrected chi connectivity index (χ0v) is 15.0. The Morgan fingerprint density at radius 3 is 2.48 bits per heavy atom. The Morgan fingerprint density at radius 1 is 1.09 bits per heavy atom. The molecule has 0 atom stereocenters. The van der Waals surface area contributed by atoms with E-state index in [1.54, 1.807) is 0 Å². The number of benzene rings is 1. The summed E-state index contributed by atoms with van der Waals surface area (Å²) < 4.78 is 5.66. The number of nitrogens with one attached hydrogen (secondary N) is 3. The fraction of sp³-hybridized carbons (Fsp3) is 0.611. The lowest BCUT2D eigenvalue weighted by Crippen LogP contribution is -2.44. The van der Waals surface area contributed by atoms with Crippen LogP contribution in [0.5, 0.6) is 5.75 Å². The molecule has 0 unspecified atom stereocenters. The van der Waals surface area contributed by atoms with Crippen molar-refractivity contribution in [3.05, 3.63) is 30.3 Å². The second-order valence-electron chi connectivity index (χ2n) is 6.38. The minimum Gasteiger partial charge on any atom is -0.494 e. The van der Waals surface area contributed by atoms with E-state index in [-0.39, 0.29) is 5.54 Å². The maximum Gasteiger partial charge on any atom is 0.191 e. The average Bonchev–Trinajstić information content (AvgIpc) is 2.51. The van der Waals surface area contributed by atoms with Crippen LogP contribution < -0.4 is 20.7 Å². The van der Waals surface area contributed by atoms with E-state index in [4.69, 9.17) is 4.74 Å². The van der Waals surface area contributed by atoms with Crippen molar-refractivity contribution >= 4 is 5.96 Å². The van der Waals surface area contributed by atoms with E-state index in [1.165, 1.54) is 0 Å². The van der Waals surface area contributed by atoms with Gasteiger partial charge in [-0.25, -0.2) is 0 Å². The maximum atomic E-state index is 5.66. The van der Waals surface area contributed by atoms with Gasteiger partial charge < -0.3 is 20.7 Å². The van der Waals surface area contributed by atoms with Crippen molar-refractivity contribution in [1.29, 1.82) is 0 Å². The van der Waals surface area contributed by atoms with Crippen molar-refractivity contribution in [1.82, 2.24) is 16.0 Å². The first-order chi connectivity index (χ1) is 11.0. The van der Waals surface area contributed by atoms with Crippen molar-refractivity contribution in [2.24, 2.45) is 4.99 Å². The monoisotopic (exact) mass is 320 g/mol. The Kier molecular flexibility index (Phi) is 9.14. The highest BCUT2D eigenvalue weighted by molar-refractivity contribution is 5.79. The normalized spacial score (nSPS) is 12.1.